The van der Waals surface area contributed by atoms with E-state index in [2.05, 4.69) is 15.4 Å². The van der Waals surface area contributed by atoms with Gasteiger partial charge in [-0.05, 0) is 48.9 Å². The SMILES string of the molecule is Cc1ccn2cc(CNC(=O)c3cccc(-n4cccn4)c3)nc2c1. The van der Waals surface area contributed by atoms with Gasteiger partial charge in [0.15, 0.2) is 0 Å². The number of rotatable bonds is 4. The summed E-state index contributed by atoms with van der Waals surface area (Å²) in [5.41, 5.74) is 4.30. The first-order valence-electron chi connectivity index (χ1n) is 8.01. The van der Waals surface area contributed by atoms with Crippen LogP contribution in [0.1, 0.15) is 21.6 Å². The lowest BCUT2D eigenvalue weighted by molar-refractivity contribution is 0.0950. The average molecular weight is 331 g/mol. The molecule has 0 fully saturated rings. The van der Waals surface area contributed by atoms with Gasteiger partial charge in [-0.15, -0.1) is 0 Å². The van der Waals surface area contributed by atoms with E-state index >= 15 is 0 Å². The molecule has 0 bridgehead atoms. The Labute approximate surface area is 144 Å². The van der Waals surface area contributed by atoms with Crippen LogP contribution in [0.3, 0.4) is 0 Å². The number of aromatic nitrogens is 4. The molecule has 0 saturated heterocycles. The Bertz CT molecular complexity index is 1030. The Morgan fingerprint density at radius 3 is 2.92 bits per heavy atom. The van der Waals surface area contributed by atoms with Crippen LogP contribution in [0.25, 0.3) is 11.3 Å². The molecule has 0 aliphatic rings. The van der Waals surface area contributed by atoms with Gasteiger partial charge in [0.2, 0.25) is 0 Å². The number of pyridine rings is 1. The lowest BCUT2D eigenvalue weighted by atomic mass is 10.2. The summed E-state index contributed by atoms with van der Waals surface area (Å²) >= 11 is 0. The third-order valence-electron chi connectivity index (χ3n) is 3.97. The molecule has 1 amide bonds. The second-order valence-electron chi connectivity index (χ2n) is 5.89. The van der Waals surface area contributed by atoms with Gasteiger partial charge in [-0.1, -0.05) is 6.07 Å². The van der Waals surface area contributed by atoms with Gasteiger partial charge in [0.05, 0.1) is 17.9 Å². The van der Waals surface area contributed by atoms with E-state index in [4.69, 9.17) is 0 Å². The highest BCUT2D eigenvalue weighted by Gasteiger charge is 2.09. The third-order valence-corrected chi connectivity index (χ3v) is 3.97. The predicted molar refractivity (Wildman–Crippen MR) is 94.7 cm³/mol. The van der Waals surface area contributed by atoms with Crippen molar-refractivity contribution in [3.05, 3.63) is 84.1 Å². The quantitative estimate of drug-likeness (QED) is 0.625. The van der Waals surface area contributed by atoms with Gasteiger partial charge in [0.1, 0.15) is 5.65 Å². The molecule has 6 nitrogen and oxygen atoms in total. The molecule has 0 spiro atoms. The summed E-state index contributed by atoms with van der Waals surface area (Å²) in [5, 5.41) is 7.10. The van der Waals surface area contributed by atoms with Gasteiger partial charge in [0, 0.05) is 30.4 Å². The van der Waals surface area contributed by atoms with Crippen LogP contribution >= 0.6 is 0 Å². The van der Waals surface area contributed by atoms with E-state index in [1.165, 1.54) is 0 Å². The molecule has 25 heavy (non-hydrogen) atoms. The van der Waals surface area contributed by atoms with Crippen LogP contribution < -0.4 is 5.32 Å². The molecule has 4 aromatic rings. The van der Waals surface area contributed by atoms with Gasteiger partial charge in [-0.2, -0.15) is 5.10 Å². The lowest BCUT2D eigenvalue weighted by Gasteiger charge is -2.06. The van der Waals surface area contributed by atoms with Gasteiger partial charge >= 0.3 is 0 Å². The molecule has 1 aromatic carbocycles. The maximum Gasteiger partial charge on any atom is 0.251 e. The molecule has 1 N–H and O–H groups in total. The summed E-state index contributed by atoms with van der Waals surface area (Å²) in [6.07, 6.45) is 7.44. The molecule has 3 heterocycles. The number of fused-ring (bicyclic) bond motifs is 1. The van der Waals surface area contributed by atoms with Crippen molar-refractivity contribution in [2.45, 2.75) is 13.5 Å². The highest BCUT2D eigenvalue weighted by atomic mass is 16.1. The number of aryl methyl sites for hydroxylation is 1. The Morgan fingerprint density at radius 1 is 1.16 bits per heavy atom. The van der Waals surface area contributed by atoms with Crippen LogP contribution in [0.15, 0.2) is 67.3 Å². The van der Waals surface area contributed by atoms with Gasteiger partial charge in [-0.3, -0.25) is 4.79 Å². The standard InChI is InChI=1S/C19H17N5O/c1-14-6-9-23-13-16(22-18(23)10-14)12-20-19(25)15-4-2-5-17(11-15)24-8-3-7-21-24/h2-11,13H,12H2,1H3,(H,20,25). The Hall–Kier alpha value is -3.41. The van der Waals surface area contributed by atoms with Crippen molar-refractivity contribution in [2.75, 3.05) is 0 Å². The summed E-state index contributed by atoms with van der Waals surface area (Å²) in [6, 6.07) is 13.2. The second kappa shape index (κ2) is 6.24. The van der Waals surface area contributed by atoms with Crippen LogP contribution in [0, 0.1) is 6.92 Å². The minimum absolute atomic E-state index is 0.137. The van der Waals surface area contributed by atoms with Gasteiger partial charge < -0.3 is 9.72 Å². The maximum absolute atomic E-state index is 12.4. The van der Waals surface area contributed by atoms with E-state index in [0.717, 1.165) is 22.6 Å². The Balaban J connectivity index is 1.49. The highest BCUT2D eigenvalue weighted by molar-refractivity contribution is 5.94. The molecule has 0 radical (unpaired) electrons. The van der Waals surface area contributed by atoms with E-state index in [1.54, 1.807) is 16.9 Å². The number of imidazole rings is 1. The molecular weight excluding hydrogens is 314 g/mol. The van der Waals surface area contributed by atoms with Crippen molar-refractivity contribution in [2.24, 2.45) is 0 Å². The Morgan fingerprint density at radius 2 is 2.08 bits per heavy atom. The predicted octanol–water partition coefficient (Wildman–Crippen LogP) is 2.76. The molecule has 0 aliphatic heterocycles. The first kappa shape index (κ1) is 15.1. The van der Waals surface area contributed by atoms with Crippen LogP contribution in [0.4, 0.5) is 0 Å². The fourth-order valence-corrected chi connectivity index (χ4v) is 2.71. The summed E-state index contributed by atoms with van der Waals surface area (Å²) in [4.78, 5) is 17.0. The van der Waals surface area contributed by atoms with Crippen molar-refractivity contribution >= 4 is 11.6 Å². The second-order valence-corrected chi connectivity index (χ2v) is 5.89. The van der Waals surface area contributed by atoms with Gasteiger partial charge in [0.25, 0.3) is 5.91 Å². The lowest BCUT2D eigenvalue weighted by Crippen LogP contribution is -2.23. The van der Waals surface area contributed by atoms with Crippen LogP contribution in [0.2, 0.25) is 0 Å². The van der Waals surface area contributed by atoms with E-state index in [9.17, 15) is 4.79 Å². The maximum atomic E-state index is 12.4. The summed E-state index contributed by atoms with van der Waals surface area (Å²) in [5.74, 6) is -0.137. The van der Waals surface area contributed by atoms with E-state index in [-0.39, 0.29) is 5.91 Å². The topological polar surface area (TPSA) is 64.2 Å². The number of nitrogens with zero attached hydrogens (tertiary/aromatic N) is 4. The smallest absolute Gasteiger partial charge is 0.251 e. The minimum atomic E-state index is -0.137. The number of hydrogen-bond acceptors (Lipinski definition) is 3. The van der Waals surface area contributed by atoms with E-state index in [0.29, 0.717) is 12.1 Å². The molecular formula is C19H17N5O. The fourth-order valence-electron chi connectivity index (χ4n) is 2.71. The number of carbonyl (C=O) groups excluding carboxylic acids is 1. The average Bonchev–Trinajstić information content (AvgIpc) is 3.29. The molecule has 0 saturated carbocycles. The monoisotopic (exact) mass is 331 g/mol. The zero-order valence-electron chi connectivity index (χ0n) is 13.8. The van der Waals surface area contributed by atoms with Gasteiger partial charge in [-0.25, -0.2) is 9.67 Å². The summed E-state index contributed by atoms with van der Waals surface area (Å²) in [7, 11) is 0. The molecule has 4 rings (SSSR count). The van der Waals surface area contributed by atoms with E-state index in [1.807, 2.05) is 66.3 Å². The number of hydrogen-bond donors (Lipinski definition) is 1. The highest BCUT2D eigenvalue weighted by Crippen LogP contribution is 2.11. The van der Waals surface area contributed by atoms with Crippen molar-refractivity contribution in [1.29, 1.82) is 0 Å². The molecule has 0 unspecified atom stereocenters. The largest absolute Gasteiger partial charge is 0.346 e. The zero-order valence-corrected chi connectivity index (χ0v) is 13.8. The van der Waals surface area contributed by atoms with Crippen LogP contribution in [-0.4, -0.2) is 25.1 Å². The first-order chi connectivity index (χ1) is 12.2. The number of carbonyl (C=O) groups is 1. The van der Waals surface area contributed by atoms with Crippen molar-refractivity contribution in [1.82, 2.24) is 24.5 Å². The third kappa shape index (κ3) is 3.14. The number of benzene rings is 1. The summed E-state index contributed by atoms with van der Waals surface area (Å²) < 4.78 is 3.67. The first-order valence-corrected chi connectivity index (χ1v) is 8.01. The van der Waals surface area contributed by atoms with Crippen LogP contribution in [-0.2, 0) is 6.54 Å². The molecule has 6 heteroatoms. The molecule has 124 valence electrons. The summed E-state index contributed by atoms with van der Waals surface area (Å²) in [6.45, 7) is 2.41. The number of nitrogens with one attached hydrogen (secondary N) is 1. The number of amides is 1. The van der Waals surface area contributed by atoms with E-state index < -0.39 is 0 Å². The fraction of sp³-hybridized carbons (Fsp3) is 0.105. The minimum Gasteiger partial charge on any atom is -0.346 e. The van der Waals surface area contributed by atoms with Crippen molar-refractivity contribution in [3.63, 3.8) is 0 Å². The molecule has 0 aliphatic carbocycles. The van der Waals surface area contributed by atoms with Crippen LogP contribution in [0.5, 0.6) is 0 Å². The molecule has 3 aromatic heterocycles. The molecule has 0 atom stereocenters. The van der Waals surface area contributed by atoms with Crippen molar-refractivity contribution in [3.8, 4) is 5.69 Å². The van der Waals surface area contributed by atoms with Crippen molar-refractivity contribution < 1.29 is 4.79 Å². The normalized spacial score (nSPS) is 10.9. The zero-order chi connectivity index (χ0) is 17.2. The Kier molecular flexibility index (Phi) is 3.78.